The van der Waals surface area contributed by atoms with Crippen molar-refractivity contribution >= 4 is 24.0 Å². The Bertz CT molecular complexity index is 770. The van der Waals surface area contributed by atoms with Crippen molar-refractivity contribution in [2.45, 2.75) is 13.0 Å². The van der Waals surface area contributed by atoms with Crippen LogP contribution in [0.5, 0.6) is 0 Å². The summed E-state index contributed by atoms with van der Waals surface area (Å²) in [5.41, 5.74) is 1.92. The molecule has 1 aliphatic rings. The van der Waals surface area contributed by atoms with Crippen molar-refractivity contribution in [1.82, 2.24) is 15.2 Å². The fraction of sp³-hybridized carbons (Fsp3) is 0.294. The minimum atomic E-state index is -0.472. The van der Waals surface area contributed by atoms with E-state index >= 15 is 0 Å². The lowest BCUT2D eigenvalue weighted by Gasteiger charge is -2.36. The van der Waals surface area contributed by atoms with Gasteiger partial charge >= 0.3 is 0 Å². The maximum Gasteiger partial charge on any atom is 0.270 e. The number of benzene rings is 1. The van der Waals surface area contributed by atoms with Crippen LogP contribution in [0, 0.1) is 17.0 Å². The highest BCUT2D eigenvalue weighted by molar-refractivity contribution is 5.95. The van der Waals surface area contributed by atoms with E-state index < -0.39 is 4.92 Å². The molecule has 1 N–H and O–H groups in total. The molecule has 1 unspecified atom stereocenters. The first-order valence-electron chi connectivity index (χ1n) is 7.74. The molecule has 8 heteroatoms. The largest absolute Gasteiger partial charge is 0.329 e. The fourth-order valence-corrected chi connectivity index (χ4v) is 2.98. The van der Waals surface area contributed by atoms with Crippen LogP contribution in [0.1, 0.15) is 27.5 Å². The number of carbonyl (C=O) groups excluding carboxylic acids is 1. The smallest absolute Gasteiger partial charge is 0.270 e. The Hall–Kier alpha value is -2.51. The Morgan fingerprint density at radius 3 is 2.88 bits per heavy atom. The molecular formula is C17H19ClN4O3. The molecular weight excluding hydrogens is 344 g/mol. The Balaban J connectivity index is 0.00000225. The van der Waals surface area contributed by atoms with Crippen molar-refractivity contribution in [3.8, 4) is 0 Å². The van der Waals surface area contributed by atoms with Crippen LogP contribution in [-0.2, 0) is 0 Å². The second-order valence-corrected chi connectivity index (χ2v) is 5.82. The highest BCUT2D eigenvalue weighted by Gasteiger charge is 2.29. The molecule has 3 rings (SSSR count). The van der Waals surface area contributed by atoms with Gasteiger partial charge < -0.3 is 10.2 Å². The molecule has 132 valence electrons. The lowest BCUT2D eigenvalue weighted by atomic mass is 10.0. The van der Waals surface area contributed by atoms with Gasteiger partial charge in [0.2, 0.25) is 0 Å². The number of hydrogen-bond acceptors (Lipinski definition) is 5. The van der Waals surface area contributed by atoms with E-state index in [9.17, 15) is 14.9 Å². The van der Waals surface area contributed by atoms with E-state index in [2.05, 4.69) is 10.3 Å². The molecule has 25 heavy (non-hydrogen) atoms. The maximum absolute atomic E-state index is 13.0. The molecule has 1 aliphatic heterocycles. The van der Waals surface area contributed by atoms with E-state index in [1.54, 1.807) is 30.3 Å². The number of aromatic nitrogens is 1. The highest BCUT2D eigenvalue weighted by Crippen LogP contribution is 2.25. The summed E-state index contributed by atoms with van der Waals surface area (Å²) in [5, 5.41) is 14.3. The minimum Gasteiger partial charge on any atom is -0.329 e. The summed E-state index contributed by atoms with van der Waals surface area (Å²) >= 11 is 0. The summed E-state index contributed by atoms with van der Waals surface area (Å²) < 4.78 is 0. The van der Waals surface area contributed by atoms with Crippen LogP contribution in [0.25, 0.3) is 0 Å². The van der Waals surface area contributed by atoms with E-state index in [0.29, 0.717) is 30.8 Å². The van der Waals surface area contributed by atoms with Crippen LogP contribution in [0.15, 0.2) is 42.7 Å². The normalized spacial score (nSPS) is 16.8. The van der Waals surface area contributed by atoms with E-state index in [-0.39, 0.29) is 30.0 Å². The van der Waals surface area contributed by atoms with Crippen molar-refractivity contribution in [2.75, 3.05) is 19.6 Å². The van der Waals surface area contributed by atoms with Crippen LogP contribution in [0.4, 0.5) is 5.69 Å². The molecule has 0 saturated carbocycles. The Morgan fingerprint density at radius 2 is 2.20 bits per heavy atom. The molecule has 2 aromatic rings. The second kappa shape index (κ2) is 8.04. The first-order valence-corrected chi connectivity index (χ1v) is 7.74. The molecule has 0 radical (unpaired) electrons. The van der Waals surface area contributed by atoms with E-state index in [4.69, 9.17) is 0 Å². The van der Waals surface area contributed by atoms with Crippen LogP contribution in [-0.4, -0.2) is 40.3 Å². The van der Waals surface area contributed by atoms with Gasteiger partial charge in [0.15, 0.2) is 0 Å². The van der Waals surface area contributed by atoms with Crippen molar-refractivity contribution in [1.29, 1.82) is 0 Å². The molecule has 0 spiro atoms. The Labute approximate surface area is 151 Å². The summed E-state index contributed by atoms with van der Waals surface area (Å²) in [7, 11) is 0. The molecule has 0 aliphatic carbocycles. The predicted molar refractivity (Wildman–Crippen MR) is 96.0 cm³/mol. The number of aryl methyl sites for hydroxylation is 1. The number of nitro benzene ring substituents is 1. The average molecular weight is 363 g/mol. The third-order valence-corrected chi connectivity index (χ3v) is 4.09. The van der Waals surface area contributed by atoms with Gasteiger partial charge in [-0.1, -0.05) is 6.07 Å². The van der Waals surface area contributed by atoms with Crippen LogP contribution in [0.2, 0.25) is 0 Å². The van der Waals surface area contributed by atoms with Crippen LogP contribution in [0.3, 0.4) is 0 Å². The molecule has 1 fully saturated rings. The quantitative estimate of drug-likeness (QED) is 0.669. The third-order valence-electron chi connectivity index (χ3n) is 4.09. The van der Waals surface area contributed by atoms with Crippen molar-refractivity contribution in [3.05, 3.63) is 69.5 Å². The number of rotatable bonds is 3. The zero-order valence-electron chi connectivity index (χ0n) is 13.7. The Morgan fingerprint density at radius 1 is 1.40 bits per heavy atom. The summed E-state index contributed by atoms with van der Waals surface area (Å²) in [6.45, 7) is 3.61. The van der Waals surface area contributed by atoms with E-state index in [1.807, 2.05) is 12.1 Å². The first kappa shape index (κ1) is 18.8. The molecule has 1 aromatic heterocycles. The Kier molecular flexibility index (Phi) is 6.06. The molecule has 0 bridgehead atoms. The number of nitro groups is 1. The molecule has 1 aromatic carbocycles. The lowest BCUT2D eigenvalue weighted by molar-refractivity contribution is -0.384. The first-order chi connectivity index (χ1) is 11.6. The van der Waals surface area contributed by atoms with Gasteiger partial charge in [0, 0.05) is 49.7 Å². The number of amides is 1. The van der Waals surface area contributed by atoms with Crippen molar-refractivity contribution in [3.63, 3.8) is 0 Å². The van der Waals surface area contributed by atoms with Gasteiger partial charge in [0.1, 0.15) is 0 Å². The zero-order valence-corrected chi connectivity index (χ0v) is 14.5. The third kappa shape index (κ3) is 4.12. The maximum atomic E-state index is 13.0. The molecule has 1 saturated heterocycles. The van der Waals surface area contributed by atoms with Gasteiger partial charge in [-0.15, -0.1) is 12.4 Å². The standard InChI is InChI=1S/C17H18N4O3.ClH/c1-12-7-14(9-15(8-12)21(23)24)17(22)20-6-5-19-11-16(20)13-3-2-4-18-10-13;/h2-4,7-10,16,19H,5-6,11H2,1H3;1H. The number of piperazine rings is 1. The van der Waals surface area contributed by atoms with Gasteiger partial charge in [-0.3, -0.25) is 19.9 Å². The average Bonchev–Trinajstić information content (AvgIpc) is 2.61. The highest BCUT2D eigenvalue weighted by atomic mass is 35.5. The number of pyridine rings is 1. The van der Waals surface area contributed by atoms with Gasteiger partial charge in [-0.25, -0.2) is 0 Å². The zero-order chi connectivity index (χ0) is 17.1. The van der Waals surface area contributed by atoms with Crippen molar-refractivity contribution < 1.29 is 9.72 Å². The number of hydrogen-bond donors (Lipinski definition) is 1. The van der Waals surface area contributed by atoms with Crippen LogP contribution >= 0.6 is 12.4 Å². The topological polar surface area (TPSA) is 88.4 Å². The summed E-state index contributed by atoms with van der Waals surface area (Å²) in [6, 6.07) is 8.13. The van der Waals surface area contributed by atoms with Crippen LogP contribution < -0.4 is 5.32 Å². The second-order valence-electron chi connectivity index (χ2n) is 5.82. The summed E-state index contributed by atoms with van der Waals surface area (Å²) in [6.07, 6.45) is 3.44. The molecule has 7 nitrogen and oxygen atoms in total. The van der Waals surface area contributed by atoms with Gasteiger partial charge in [0.05, 0.1) is 11.0 Å². The molecule has 1 amide bonds. The number of nitrogens with zero attached hydrogens (tertiary/aromatic N) is 3. The minimum absolute atomic E-state index is 0. The molecule has 2 heterocycles. The number of carbonyl (C=O) groups is 1. The summed E-state index contributed by atoms with van der Waals surface area (Å²) in [4.78, 5) is 29.4. The van der Waals surface area contributed by atoms with Gasteiger partial charge in [0.25, 0.3) is 11.6 Å². The number of halogens is 1. The van der Waals surface area contributed by atoms with Crippen molar-refractivity contribution in [2.24, 2.45) is 0 Å². The molecule has 1 atom stereocenters. The summed E-state index contributed by atoms with van der Waals surface area (Å²) in [5.74, 6) is -0.197. The number of non-ortho nitro benzene ring substituents is 1. The van der Waals surface area contributed by atoms with E-state index in [1.165, 1.54) is 12.1 Å². The predicted octanol–water partition coefficient (Wildman–Crippen LogP) is 2.51. The monoisotopic (exact) mass is 362 g/mol. The lowest BCUT2D eigenvalue weighted by Crippen LogP contribution is -2.48. The fourth-order valence-electron chi connectivity index (χ4n) is 2.98. The number of nitrogens with one attached hydrogen (secondary N) is 1. The van der Waals surface area contributed by atoms with Gasteiger partial charge in [-0.05, 0) is 30.2 Å². The van der Waals surface area contributed by atoms with E-state index in [0.717, 1.165) is 5.56 Å². The SMILES string of the molecule is Cc1cc(C(=O)N2CCNCC2c2cccnc2)cc([N+](=O)[O-])c1.Cl. The van der Waals surface area contributed by atoms with Gasteiger partial charge in [-0.2, -0.15) is 0 Å².